The molecule has 5 nitrogen and oxygen atoms in total. The molecule has 0 aromatic rings. The third-order valence-corrected chi connectivity index (χ3v) is 5.31. The highest BCUT2D eigenvalue weighted by atomic mass is 16.4. The summed E-state index contributed by atoms with van der Waals surface area (Å²) in [4.78, 5) is 23.0. The largest absolute Gasteiger partial charge is 0.480 e. The van der Waals surface area contributed by atoms with Gasteiger partial charge >= 0.3 is 5.97 Å². The molecule has 0 bridgehead atoms. The molecule has 1 heterocycles. The van der Waals surface area contributed by atoms with E-state index >= 15 is 0 Å². The SMILES string of the molecule is CCCCCCCCCCCCCCCC(=O)NN1CCCC1C(=O)O. The molecule has 0 radical (unpaired) electrons. The van der Waals surface area contributed by atoms with Crippen LogP contribution in [0.4, 0.5) is 0 Å². The van der Waals surface area contributed by atoms with E-state index in [0.717, 1.165) is 19.3 Å². The number of carboxylic acid groups (broad SMARTS) is 1. The first-order chi connectivity index (χ1) is 12.6. The molecule has 1 saturated heterocycles. The topological polar surface area (TPSA) is 69.6 Å². The lowest BCUT2D eigenvalue weighted by Gasteiger charge is -2.21. The van der Waals surface area contributed by atoms with Crippen LogP contribution in [0, 0.1) is 0 Å². The second-order valence-electron chi connectivity index (χ2n) is 7.72. The number of aliphatic carboxylic acids is 1. The van der Waals surface area contributed by atoms with Gasteiger partial charge in [-0.3, -0.25) is 15.0 Å². The van der Waals surface area contributed by atoms with Crippen molar-refractivity contribution in [3.63, 3.8) is 0 Å². The monoisotopic (exact) mass is 368 g/mol. The number of carboxylic acids is 1. The summed E-state index contributed by atoms with van der Waals surface area (Å²) >= 11 is 0. The summed E-state index contributed by atoms with van der Waals surface area (Å²) in [6.45, 7) is 2.90. The van der Waals surface area contributed by atoms with Crippen LogP contribution in [0.2, 0.25) is 0 Å². The van der Waals surface area contributed by atoms with Gasteiger partial charge in [-0.25, -0.2) is 5.01 Å². The molecule has 1 amide bonds. The molecule has 26 heavy (non-hydrogen) atoms. The van der Waals surface area contributed by atoms with E-state index in [1.165, 1.54) is 70.6 Å². The fourth-order valence-corrected chi connectivity index (χ4v) is 3.68. The van der Waals surface area contributed by atoms with E-state index in [9.17, 15) is 9.59 Å². The molecule has 0 aliphatic carbocycles. The Morgan fingerprint density at radius 2 is 1.38 bits per heavy atom. The molecular weight excluding hydrogens is 328 g/mol. The van der Waals surface area contributed by atoms with Gasteiger partial charge in [0.1, 0.15) is 6.04 Å². The van der Waals surface area contributed by atoms with Gasteiger partial charge in [-0.15, -0.1) is 0 Å². The van der Waals surface area contributed by atoms with E-state index in [-0.39, 0.29) is 5.91 Å². The van der Waals surface area contributed by atoms with Crippen LogP contribution in [-0.2, 0) is 9.59 Å². The van der Waals surface area contributed by atoms with E-state index in [1.54, 1.807) is 5.01 Å². The number of unbranched alkanes of at least 4 members (excludes halogenated alkanes) is 12. The van der Waals surface area contributed by atoms with Crippen LogP contribution in [-0.4, -0.2) is 34.6 Å². The molecule has 1 aliphatic heterocycles. The Labute approximate surface area is 159 Å². The van der Waals surface area contributed by atoms with Gasteiger partial charge in [0.05, 0.1) is 0 Å². The fourth-order valence-electron chi connectivity index (χ4n) is 3.68. The maximum atomic E-state index is 11.9. The summed E-state index contributed by atoms with van der Waals surface area (Å²) in [5, 5.41) is 10.7. The summed E-state index contributed by atoms with van der Waals surface area (Å²) in [6.07, 6.45) is 18.7. The number of carbonyl (C=O) groups is 2. The Bertz CT molecular complexity index is 387. The number of nitrogens with zero attached hydrogens (tertiary/aromatic N) is 1. The van der Waals surface area contributed by atoms with Gasteiger partial charge in [-0.05, 0) is 19.3 Å². The minimum Gasteiger partial charge on any atom is -0.480 e. The van der Waals surface area contributed by atoms with Crippen molar-refractivity contribution in [2.45, 2.75) is 116 Å². The van der Waals surface area contributed by atoms with Crippen molar-refractivity contribution in [2.75, 3.05) is 6.54 Å². The number of nitrogens with one attached hydrogen (secondary N) is 1. The first-order valence-electron chi connectivity index (χ1n) is 10.9. The van der Waals surface area contributed by atoms with Gasteiger partial charge in [-0.1, -0.05) is 84.0 Å². The third-order valence-electron chi connectivity index (χ3n) is 5.31. The minimum atomic E-state index is -0.844. The lowest BCUT2D eigenvalue weighted by atomic mass is 10.0. The standard InChI is InChI=1S/C21H40N2O3/c1-2-3-4-5-6-7-8-9-10-11-12-13-14-17-20(24)22-23-18-15-16-19(23)21(25)26/h19H,2-18H2,1H3,(H,22,24)(H,25,26). The van der Waals surface area contributed by atoms with Crippen molar-refractivity contribution >= 4 is 11.9 Å². The third kappa shape index (κ3) is 10.8. The van der Waals surface area contributed by atoms with Crippen LogP contribution in [0.5, 0.6) is 0 Å². The first kappa shape index (κ1) is 22.9. The molecule has 0 saturated carbocycles. The van der Waals surface area contributed by atoms with Crippen LogP contribution in [0.3, 0.4) is 0 Å². The second-order valence-corrected chi connectivity index (χ2v) is 7.72. The van der Waals surface area contributed by atoms with Crippen LogP contribution in [0.15, 0.2) is 0 Å². The van der Waals surface area contributed by atoms with Crippen LogP contribution < -0.4 is 5.43 Å². The van der Waals surface area contributed by atoms with E-state index in [1.807, 2.05) is 0 Å². The van der Waals surface area contributed by atoms with Crippen molar-refractivity contribution < 1.29 is 14.7 Å². The Morgan fingerprint density at radius 3 is 1.88 bits per heavy atom. The van der Waals surface area contributed by atoms with Crippen molar-refractivity contribution in [3.8, 4) is 0 Å². The molecule has 2 N–H and O–H groups in total. The Balaban J connectivity index is 1.87. The molecule has 0 aromatic carbocycles. The number of hydrogen-bond acceptors (Lipinski definition) is 3. The highest BCUT2D eigenvalue weighted by molar-refractivity contribution is 5.77. The Morgan fingerprint density at radius 1 is 0.885 bits per heavy atom. The molecule has 152 valence electrons. The summed E-state index contributed by atoms with van der Waals surface area (Å²) in [6, 6.07) is -0.550. The normalized spacial score (nSPS) is 17.5. The molecule has 1 rings (SSSR count). The molecule has 1 fully saturated rings. The van der Waals surface area contributed by atoms with E-state index < -0.39 is 12.0 Å². The molecule has 1 atom stereocenters. The molecular formula is C21H40N2O3. The van der Waals surface area contributed by atoms with Gasteiger partial charge in [0.15, 0.2) is 0 Å². The van der Waals surface area contributed by atoms with Gasteiger partial charge in [0.2, 0.25) is 5.91 Å². The molecule has 0 aromatic heterocycles. The van der Waals surface area contributed by atoms with Crippen LogP contribution >= 0.6 is 0 Å². The zero-order chi connectivity index (χ0) is 19.0. The van der Waals surface area contributed by atoms with E-state index in [4.69, 9.17) is 5.11 Å². The fraction of sp³-hybridized carbons (Fsp3) is 0.905. The Hall–Kier alpha value is -1.10. The number of amides is 1. The van der Waals surface area contributed by atoms with Crippen molar-refractivity contribution in [1.82, 2.24) is 10.4 Å². The molecule has 5 heteroatoms. The lowest BCUT2D eigenvalue weighted by Crippen LogP contribution is -2.48. The summed E-state index contributed by atoms with van der Waals surface area (Å²) in [5.41, 5.74) is 2.77. The average molecular weight is 369 g/mol. The zero-order valence-corrected chi connectivity index (χ0v) is 16.8. The summed E-state index contributed by atoms with van der Waals surface area (Å²) < 4.78 is 0. The molecule has 0 spiro atoms. The lowest BCUT2D eigenvalue weighted by molar-refractivity contribution is -0.144. The predicted molar refractivity (Wildman–Crippen MR) is 106 cm³/mol. The number of carbonyl (C=O) groups excluding carboxylic acids is 1. The predicted octanol–water partition coefficient (Wildman–Crippen LogP) is 5.05. The van der Waals surface area contributed by atoms with Crippen LogP contribution in [0.1, 0.15) is 110 Å². The van der Waals surface area contributed by atoms with Crippen molar-refractivity contribution in [3.05, 3.63) is 0 Å². The van der Waals surface area contributed by atoms with E-state index in [2.05, 4.69) is 12.3 Å². The smallest absolute Gasteiger partial charge is 0.322 e. The number of hydrazine groups is 1. The Kier molecular flexibility index (Phi) is 13.2. The van der Waals surface area contributed by atoms with Gasteiger partial charge < -0.3 is 5.11 Å². The van der Waals surface area contributed by atoms with Gasteiger partial charge in [-0.2, -0.15) is 0 Å². The highest BCUT2D eigenvalue weighted by Gasteiger charge is 2.31. The molecule has 1 aliphatic rings. The highest BCUT2D eigenvalue weighted by Crippen LogP contribution is 2.15. The number of rotatable bonds is 16. The maximum absolute atomic E-state index is 11.9. The summed E-state index contributed by atoms with van der Waals surface area (Å²) in [7, 11) is 0. The number of hydrogen-bond donors (Lipinski definition) is 2. The van der Waals surface area contributed by atoms with Crippen LogP contribution in [0.25, 0.3) is 0 Å². The first-order valence-corrected chi connectivity index (χ1v) is 10.9. The van der Waals surface area contributed by atoms with Crippen molar-refractivity contribution in [2.24, 2.45) is 0 Å². The molecule has 1 unspecified atom stereocenters. The average Bonchev–Trinajstić information content (AvgIpc) is 3.07. The zero-order valence-electron chi connectivity index (χ0n) is 16.8. The van der Waals surface area contributed by atoms with Crippen molar-refractivity contribution in [1.29, 1.82) is 0 Å². The maximum Gasteiger partial charge on any atom is 0.322 e. The quantitative estimate of drug-likeness (QED) is 0.374. The second kappa shape index (κ2) is 15.0. The van der Waals surface area contributed by atoms with Gasteiger partial charge in [0.25, 0.3) is 0 Å². The summed E-state index contributed by atoms with van der Waals surface area (Å²) in [5.74, 6) is -0.884. The minimum absolute atomic E-state index is 0.0405. The van der Waals surface area contributed by atoms with Gasteiger partial charge in [0, 0.05) is 13.0 Å². The van der Waals surface area contributed by atoms with E-state index in [0.29, 0.717) is 19.4 Å².